The molecule has 0 radical (unpaired) electrons. The van der Waals surface area contributed by atoms with Crippen molar-refractivity contribution in [2.24, 2.45) is 5.73 Å². The molecule has 15 heteroatoms. The Morgan fingerprint density at radius 3 is 1.73 bits per heavy atom. The third-order valence-corrected chi connectivity index (χ3v) is 4.68. The lowest BCUT2D eigenvalue weighted by Gasteiger charge is -2.20. The summed E-state index contributed by atoms with van der Waals surface area (Å²) in [6, 6.07) is -5.65. The van der Waals surface area contributed by atoms with Crippen molar-refractivity contribution in [1.29, 1.82) is 0 Å². The van der Waals surface area contributed by atoms with E-state index < -0.39 is 78.4 Å². The summed E-state index contributed by atoms with van der Waals surface area (Å²) in [5, 5.41) is 29.6. The van der Waals surface area contributed by atoms with Gasteiger partial charge in [-0.3, -0.25) is 24.0 Å². The smallest absolute Gasteiger partial charge is 0.327 e. The van der Waals surface area contributed by atoms with Gasteiger partial charge in [0.25, 0.3) is 0 Å². The van der Waals surface area contributed by atoms with Crippen LogP contribution in [-0.4, -0.2) is 94.3 Å². The van der Waals surface area contributed by atoms with Crippen molar-refractivity contribution in [1.82, 2.24) is 26.6 Å². The highest BCUT2D eigenvalue weighted by molar-refractivity contribution is 7.80. The van der Waals surface area contributed by atoms with Crippen LogP contribution in [0.1, 0.15) is 27.7 Å². The number of carbonyl (C=O) groups excluding carboxylic acids is 5. The van der Waals surface area contributed by atoms with E-state index in [1.54, 1.807) is 0 Å². The lowest BCUT2D eigenvalue weighted by atomic mass is 10.1. The highest BCUT2D eigenvalue weighted by Crippen LogP contribution is 1.94. The molecule has 0 aliphatic rings. The molecular formula is C18H32N6O8S. The lowest BCUT2D eigenvalue weighted by Crippen LogP contribution is -2.56. The number of thiol groups is 1. The van der Waals surface area contributed by atoms with Crippen LogP contribution in [0, 0.1) is 0 Å². The van der Waals surface area contributed by atoms with Gasteiger partial charge in [0.05, 0.1) is 12.6 Å². The molecule has 0 saturated heterocycles. The number of carbonyl (C=O) groups is 6. The number of nitrogens with two attached hydrogens (primary N) is 1. The Hall–Kier alpha value is -2.91. The molecular weight excluding hydrogens is 460 g/mol. The van der Waals surface area contributed by atoms with E-state index in [4.69, 9.17) is 10.8 Å². The van der Waals surface area contributed by atoms with Crippen LogP contribution in [-0.2, 0) is 28.8 Å². The van der Waals surface area contributed by atoms with E-state index in [2.05, 4.69) is 39.2 Å². The van der Waals surface area contributed by atoms with Gasteiger partial charge in [-0.2, -0.15) is 12.6 Å². The Balaban J connectivity index is 4.53. The second-order valence-corrected chi connectivity index (χ2v) is 7.68. The van der Waals surface area contributed by atoms with E-state index >= 15 is 0 Å². The largest absolute Gasteiger partial charge is 0.480 e. The van der Waals surface area contributed by atoms with Gasteiger partial charge in [-0.25, -0.2) is 4.79 Å². The van der Waals surface area contributed by atoms with Crippen LogP contribution in [0.2, 0.25) is 0 Å². The number of nitrogens with one attached hydrogen (secondary N) is 5. The SMILES string of the molecule is C[C@H](NC(=O)CNC(=O)[C@H](C)NC(=O)[C@@H](N)[C@@H](C)O)C(=O)N[C@@H](C)C(=O)N[C@@H](CS)C(=O)O. The first kappa shape index (κ1) is 30.1. The fraction of sp³-hybridized carbons (Fsp3) is 0.667. The van der Waals surface area contributed by atoms with Crippen LogP contribution in [0.25, 0.3) is 0 Å². The topological polar surface area (TPSA) is 229 Å². The number of aliphatic carboxylic acids is 1. The third kappa shape index (κ3) is 11.0. The monoisotopic (exact) mass is 492 g/mol. The molecule has 0 bridgehead atoms. The molecule has 0 aliphatic heterocycles. The van der Waals surface area contributed by atoms with E-state index in [0.717, 1.165) is 0 Å². The van der Waals surface area contributed by atoms with Crippen LogP contribution >= 0.6 is 12.6 Å². The van der Waals surface area contributed by atoms with Gasteiger partial charge in [0.2, 0.25) is 29.5 Å². The lowest BCUT2D eigenvalue weighted by molar-refractivity contribution is -0.141. The van der Waals surface area contributed by atoms with Gasteiger partial charge < -0.3 is 42.5 Å². The van der Waals surface area contributed by atoms with Gasteiger partial charge in [-0.15, -0.1) is 0 Å². The predicted molar refractivity (Wildman–Crippen MR) is 119 cm³/mol. The molecule has 0 aliphatic carbocycles. The number of amides is 5. The van der Waals surface area contributed by atoms with Crippen LogP contribution in [0.15, 0.2) is 0 Å². The average molecular weight is 493 g/mol. The summed E-state index contributed by atoms with van der Waals surface area (Å²) < 4.78 is 0. The van der Waals surface area contributed by atoms with Gasteiger partial charge in [0.15, 0.2) is 0 Å². The van der Waals surface area contributed by atoms with Gasteiger partial charge >= 0.3 is 5.97 Å². The average Bonchev–Trinajstić information content (AvgIpc) is 2.73. The number of carboxylic acids is 1. The normalized spacial score (nSPS) is 16.1. The maximum absolute atomic E-state index is 12.2. The molecule has 0 aromatic carbocycles. The summed E-state index contributed by atoms with van der Waals surface area (Å²) in [6.07, 6.45) is -1.12. The maximum Gasteiger partial charge on any atom is 0.327 e. The first-order valence-corrected chi connectivity index (χ1v) is 10.6. The van der Waals surface area contributed by atoms with Crippen LogP contribution in [0.5, 0.6) is 0 Å². The molecule has 188 valence electrons. The molecule has 0 saturated carbocycles. The Labute approximate surface area is 196 Å². The van der Waals surface area contributed by atoms with Crippen molar-refractivity contribution in [3.63, 3.8) is 0 Å². The Morgan fingerprint density at radius 1 is 0.788 bits per heavy atom. The fourth-order valence-corrected chi connectivity index (χ4v) is 2.41. The Bertz CT molecular complexity index is 749. The molecule has 0 heterocycles. The molecule has 33 heavy (non-hydrogen) atoms. The maximum atomic E-state index is 12.2. The fourth-order valence-electron chi connectivity index (χ4n) is 2.16. The summed E-state index contributed by atoms with van der Waals surface area (Å²) >= 11 is 3.82. The summed E-state index contributed by atoms with van der Waals surface area (Å²) in [5.41, 5.74) is 5.46. The number of carboxylic acid groups (broad SMARTS) is 1. The quantitative estimate of drug-likeness (QED) is 0.113. The Morgan fingerprint density at radius 2 is 1.24 bits per heavy atom. The molecule has 0 rings (SSSR count). The minimum atomic E-state index is -1.28. The third-order valence-electron chi connectivity index (χ3n) is 4.32. The molecule has 6 atom stereocenters. The molecule has 5 amide bonds. The van der Waals surface area contributed by atoms with E-state index in [0.29, 0.717) is 0 Å². The number of hydrogen-bond acceptors (Lipinski definition) is 9. The first-order chi connectivity index (χ1) is 15.2. The van der Waals surface area contributed by atoms with Gasteiger partial charge in [0.1, 0.15) is 30.2 Å². The molecule has 14 nitrogen and oxygen atoms in total. The minimum Gasteiger partial charge on any atom is -0.480 e. The van der Waals surface area contributed by atoms with Crippen molar-refractivity contribution in [2.45, 2.75) is 64.0 Å². The summed E-state index contributed by atoms with van der Waals surface area (Å²) in [4.78, 5) is 70.8. The zero-order valence-electron chi connectivity index (χ0n) is 18.7. The van der Waals surface area contributed by atoms with E-state index in [1.807, 2.05) is 0 Å². The van der Waals surface area contributed by atoms with Gasteiger partial charge in [-0.1, -0.05) is 0 Å². The second kappa shape index (κ2) is 14.3. The van der Waals surface area contributed by atoms with Crippen molar-refractivity contribution in [2.75, 3.05) is 12.3 Å². The van der Waals surface area contributed by atoms with Crippen molar-refractivity contribution in [3.8, 4) is 0 Å². The summed E-state index contributed by atoms with van der Waals surface area (Å²) in [7, 11) is 0. The molecule has 0 aromatic heterocycles. The van der Waals surface area contributed by atoms with Crippen LogP contribution < -0.4 is 32.3 Å². The molecule has 9 N–H and O–H groups in total. The standard InChI is InChI=1S/C18H32N6O8S/c1-7(23-17(30)13(19)10(4)25)14(27)20-5-12(26)21-8(2)15(28)22-9(3)16(29)24-11(6-33)18(31)32/h7-11,13,25,33H,5-6,19H2,1-4H3,(H,20,27)(H,21,26)(H,22,28)(H,23,30)(H,24,29)(H,31,32)/t7-,8-,9-,10+,11-,13-/m0/s1. The van der Waals surface area contributed by atoms with E-state index in [1.165, 1.54) is 27.7 Å². The zero-order chi connectivity index (χ0) is 25.9. The van der Waals surface area contributed by atoms with Crippen molar-refractivity contribution in [3.05, 3.63) is 0 Å². The number of rotatable bonds is 13. The van der Waals surface area contributed by atoms with Gasteiger partial charge in [-0.05, 0) is 27.7 Å². The summed E-state index contributed by atoms with van der Waals surface area (Å²) in [5.74, 6) is -5.05. The van der Waals surface area contributed by atoms with Crippen molar-refractivity contribution >= 4 is 48.1 Å². The van der Waals surface area contributed by atoms with Crippen LogP contribution in [0.4, 0.5) is 0 Å². The Kier molecular flexibility index (Phi) is 13.0. The van der Waals surface area contributed by atoms with Gasteiger partial charge in [0, 0.05) is 5.75 Å². The highest BCUT2D eigenvalue weighted by atomic mass is 32.1. The number of hydrogen-bond donors (Lipinski definition) is 9. The number of aliphatic hydroxyl groups excluding tert-OH is 1. The zero-order valence-corrected chi connectivity index (χ0v) is 19.6. The first-order valence-electron chi connectivity index (χ1n) is 9.96. The number of aliphatic hydroxyl groups is 1. The van der Waals surface area contributed by atoms with Crippen molar-refractivity contribution < 1.29 is 39.0 Å². The molecule has 0 spiro atoms. The van der Waals surface area contributed by atoms with E-state index in [-0.39, 0.29) is 5.75 Å². The molecule has 0 fully saturated rings. The molecule has 0 aromatic rings. The van der Waals surface area contributed by atoms with Crippen LogP contribution in [0.3, 0.4) is 0 Å². The van der Waals surface area contributed by atoms with E-state index in [9.17, 15) is 33.9 Å². The minimum absolute atomic E-state index is 0.143. The highest BCUT2D eigenvalue weighted by Gasteiger charge is 2.26. The summed E-state index contributed by atoms with van der Waals surface area (Å²) in [6.45, 7) is 4.84. The molecule has 0 unspecified atom stereocenters. The second-order valence-electron chi connectivity index (χ2n) is 7.32. The predicted octanol–water partition coefficient (Wildman–Crippen LogP) is -4.18.